The van der Waals surface area contributed by atoms with Crippen LogP contribution in [-0.2, 0) is 23.3 Å². The molecule has 0 saturated carbocycles. The Hall–Kier alpha value is -1.73. The maximum absolute atomic E-state index is 13.0. The van der Waals surface area contributed by atoms with Crippen LogP contribution in [0, 0.1) is 5.92 Å². The molecule has 3 amide bonds. The second-order valence-electron chi connectivity index (χ2n) is 7.09. The van der Waals surface area contributed by atoms with Crippen molar-refractivity contribution >= 4 is 39.2 Å². The van der Waals surface area contributed by atoms with Gasteiger partial charge in [-0.25, -0.2) is 9.78 Å². The minimum absolute atomic E-state index is 0.197. The molecule has 5 nitrogen and oxygen atoms in total. The van der Waals surface area contributed by atoms with E-state index in [2.05, 4.69) is 40.1 Å². The summed E-state index contributed by atoms with van der Waals surface area (Å²) in [5.74, 6) is 0.365. The van der Waals surface area contributed by atoms with E-state index in [0.29, 0.717) is 5.92 Å². The Kier molecular flexibility index (Phi) is 5.48. The van der Waals surface area contributed by atoms with Crippen molar-refractivity contribution in [2.45, 2.75) is 45.7 Å². The lowest BCUT2D eigenvalue weighted by Gasteiger charge is -2.23. The highest BCUT2D eigenvalue weighted by molar-refractivity contribution is 9.10. The number of benzene rings is 1. The van der Waals surface area contributed by atoms with Gasteiger partial charge in [-0.1, -0.05) is 48.0 Å². The minimum Gasteiger partial charge on any atom is -0.319 e. The highest BCUT2D eigenvalue weighted by atomic mass is 79.9. The molecule has 1 aromatic carbocycles. The van der Waals surface area contributed by atoms with Crippen LogP contribution < -0.4 is 5.32 Å². The largest absolute Gasteiger partial charge is 0.325 e. The summed E-state index contributed by atoms with van der Waals surface area (Å²) in [6.45, 7) is 6.31. The first-order valence-electron chi connectivity index (χ1n) is 8.63. The molecule has 3 rings (SSSR count). The summed E-state index contributed by atoms with van der Waals surface area (Å²) in [6, 6.07) is 7.06. The molecule has 138 valence electrons. The van der Waals surface area contributed by atoms with Gasteiger partial charge < -0.3 is 5.32 Å². The van der Waals surface area contributed by atoms with Gasteiger partial charge in [-0.2, -0.15) is 0 Å². The zero-order valence-corrected chi connectivity index (χ0v) is 17.5. The van der Waals surface area contributed by atoms with Gasteiger partial charge in [0, 0.05) is 15.4 Å². The van der Waals surface area contributed by atoms with Crippen molar-refractivity contribution in [2.75, 3.05) is 0 Å². The molecule has 0 radical (unpaired) electrons. The van der Waals surface area contributed by atoms with Crippen LogP contribution in [0.4, 0.5) is 4.79 Å². The van der Waals surface area contributed by atoms with Crippen molar-refractivity contribution in [2.24, 2.45) is 5.92 Å². The van der Waals surface area contributed by atoms with Crippen molar-refractivity contribution < 1.29 is 9.59 Å². The minimum atomic E-state index is -1.08. The number of imide groups is 1. The monoisotopic (exact) mass is 435 g/mol. The molecule has 7 heteroatoms. The summed E-state index contributed by atoms with van der Waals surface area (Å²) < 4.78 is 0.794. The lowest BCUT2D eigenvalue weighted by atomic mass is 9.92. The predicted octanol–water partition coefficient (Wildman–Crippen LogP) is 4.46. The molecule has 1 aliphatic rings. The van der Waals surface area contributed by atoms with Crippen LogP contribution in [-0.4, -0.2) is 21.8 Å². The molecule has 1 saturated heterocycles. The molecule has 2 heterocycles. The van der Waals surface area contributed by atoms with Crippen molar-refractivity contribution in [3.05, 3.63) is 50.4 Å². The van der Waals surface area contributed by atoms with Crippen molar-refractivity contribution in [1.29, 1.82) is 0 Å². The van der Waals surface area contributed by atoms with Gasteiger partial charge in [-0.3, -0.25) is 9.69 Å². The number of amides is 3. The van der Waals surface area contributed by atoms with Crippen LogP contribution in [0.1, 0.15) is 43.5 Å². The molecule has 1 atom stereocenters. The number of hydrogen-bond donors (Lipinski definition) is 1. The number of nitrogens with zero attached hydrogens (tertiary/aromatic N) is 2. The van der Waals surface area contributed by atoms with Crippen LogP contribution in [0.25, 0.3) is 0 Å². The molecule has 2 aromatic rings. The summed E-state index contributed by atoms with van der Waals surface area (Å²) in [4.78, 5) is 31.3. The first-order chi connectivity index (χ1) is 12.3. The molecule has 0 aliphatic carbocycles. The van der Waals surface area contributed by atoms with Gasteiger partial charge in [-0.15, -0.1) is 11.3 Å². The Morgan fingerprint density at radius 2 is 2.04 bits per heavy atom. The lowest BCUT2D eigenvalue weighted by Crippen LogP contribution is -2.41. The van der Waals surface area contributed by atoms with Gasteiger partial charge in [0.1, 0.15) is 5.54 Å². The topological polar surface area (TPSA) is 62.3 Å². The van der Waals surface area contributed by atoms with Crippen LogP contribution in [0.15, 0.2) is 34.1 Å². The third-order valence-electron chi connectivity index (χ3n) is 4.54. The van der Waals surface area contributed by atoms with E-state index in [4.69, 9.17) is 0 Å². The summed E-state index contributed by atoms with van der Waals surface area (Å²) in [6.07, 6.45) is 2.01. The molecule has 26 heavy (non-hydrogen) atoms. The number of aryl methyl sites for hydroxylation is 1. The standard InChI is InChI=1S/C19H22BrN3O2S/c1-12(2)8-9-16-21-13(11-26-16)10-23-17(24)19(3,22-18(23)25)14-6-4-5-7-15(14)20/h4-7,11-12H,8-10H2,1-3H3,(H,22,25). The molecule has 0 bridgehead atoms. The van der Waals surface area contributed by atoms with Gasteiger partial charge in [0.15, 0.2) is 0 Å². The number of rotatable bonds is 6. The summed E-state index contributed by atoms with van der Waals surface area (Å²) in [5.41, 5.74) is 0.429. The zero-order chi connectivity index (χ0) is 18.9. The fourth-order valence-corrected chi connectivity index (χ4v) is 4.49. The first-order valence-corrected chi connectivity index (χ1v) is 10.3. The van der Waals surface area contributed by atoms with Crippen molar-refractivity contribution in [1.82, 2.24) is 15.2 Å². The van der Waals surface area contributed by atoms with Gasteiger partial charge in [-0.05, 0) is 31.7 Å². The van der Waals surface area contributed by atoms with E-state index in [1.165, 1.54) is 4.90 Å². The van der Waals surface area contributed by atoms with E-state index < -0.39 is 5.54 Å². The Morgan fingerprint density at radius 3 is 2.73 bits per heavy atom. The fourth-order valence-electron chi connectivity index (χ4n) is 3.00. The SMILES string of the molecule is CC(C)CCc1nc(CN2C(=O)NC(C)(c3ccccc3Br)C2=O)cs1. The number of hydrogen-bond acceptors (Lipinski definition) is 4. The molecular weight excluding hydrogens is 414 g/mol. The highest BCUT2D eigenvalue weighted by Crippen LogP contribution is 2.34. The lowest BCUT2D eigenvalue weighted by molar-refractivity contribution is -0.131. The Labute approximate surface area is 165 Å². The molecule has 1 aliphatic heterocycles. The van der Waals surface area contributed by atoms with Gasteiger partial charge in [0.2, 0.25) is 0 Å². The number of nitrogens with one attached hydrogen (secondary N) is 1. The fraction of sp³-hybridized carbons (Fsp3) is 0.421. The zero-order valence-electron chi connectivity index (χ0n) is 15.1. The third-order valence-corrected chi connectivity index (χ3v) is 6.19. The quantitative estimate of drug-likeness (QED) is 0.681. The van der Waals surface area contributed by atoms with E-state index in [-0.39, 0.29) is 18.5 Å². The maximum atomic E-state index is 13.0. The third kappa shape index (κ3) is 3.69. The second kappa shape index (κ2) is 7.48. The highest BCUT2D eigenvalue weighted by Gasteiger charge is 2.49. The van der Waals surface area contributed by atoms with Crippen LogP contribution in [0.5, 0.6) is 0 Å². The van der Waals surface area contributed by atoms with Crippen LogP contribution in [0.2, 0.25) is 0 Å². The summed E-state index contributed by atoms with van der Waals surface area (Å²) in [7, 11) is 0. The van der Waals surface area contributed by atoms with Crippen molar-refractivity contribution in [3.8, 4) is 0 Å². The molecule has 0 spiro atoms. The number of urea groups is 1. The number of halogens is 1. The van der Waals surface area contributed by atoms with Crippen LogP contribution >= 0.6 is 27.3 Å². The number of carbonyl (C=O) groups excluding carboxylic acids is 2. The van der Waals surface area contributed by atoms with Crippen molar-refractivity contribution in [3.63, 3.8) is 0 Å². The Bertz CT molecular complexity index is 836. The average molecular weight is 436 g/mol. The predicted molar refractivity (Wildman–Crippen MR) is 106 cm³/mol. The smallest absolute Gasteiger partial charge is 0.319 e. The van der Waals surface area contributed by atoms with Crippen LogP contribution in [0.3, 0.4) is 0 Å². The van der Waals surface area contributed by atoms with E-state index in [9.17, 15) is 9.59 Å². The molecule has 1 N–H and O–H groups in total. The summed E-state index contributed by atoms with van der Waals surface area (Å²) >= 11 is 5.06. The normalized spacial score (nSPS) is 20.1. The Morgan fingerprint density at radius 1 is 1.31 bits per heavy atom. The van der Waals surface area contributed by atoms with Gasteiger partial charge in [0.05, 0.1) is 17.2 Å². The molecule has 1 unspecified atom stereocenters. The maximum Gasteiger partial charge on any atom is 0.325 e. The molecule has 1 fully saturated rings. The van der Waals surface area contributed by atoms with Gasteiger partial charge in [0.25, 0.3) is 5.91 Å². The second-order valence-corrected chi connectivity index (χ2v) is 8.89. The molecular formula is C19H22BrN3O2S. The van der Waals surface area contributed by atoms with E-state index >= 15 is 0 Å². The average Bonchev–Trinajstić information content (AvgIpc) is 3.12. The van der Waals surface area contributed by atoms with E-state index in [1.54, 1.807) is 18.3 Å². The summed E-state index contributed by atoms with van der Waals surface area (Å²) in [5, 5.41) is 5.82. The number of carbonyl (C=O) groups is 2. The Balaban J connectivity index is 1.77. The first kappa shape index (κ1) is 19.0. The van der Waals surface area contributed by atoms with Gasteiger partial charge >= 0.3 is 6.03 Å². The van der Waals surface area contributed by atoms with E-state index in [1.807, 2.05) is 29.6 Å². The molecule has 1 aromatic heterocycles. The number of thiazole rings is 1. The number of aromatic nitrogens is 1. The van der Waals surface area contributed by atoms with E-state index in [0.717, 1.165) is 33.6 Å².